The minimum absolute atomic E-state index is 0.159. The van der Waals surface area contributed by atoms with Crippen molar-refractivity contribution < 1.29 is 13.2 Å². The van der Waals surface area contributed by atoms with Gasteiger partial charge < -0.3 is 10.2 Å². The van der Waals surface area contributed by atoms with Crippen molar-refractivity contribution in [2.45, 2.75) is 38.1 Å². The second-order valence-corrected chi connectivity index (χ2v) is 10.6. The third-order valence-corrected chi connectivity index (χ3v) is 7.95. The Morgan fingerprint density at radius 2 is 1.56 bits per heavy atom. The number of benzene rings is 3. The summed E-state index contributed by atoms with van der Waals surface area (Å²) >= 11 is 0. The molecule has 0 bridgehead atoms. The molecule has 1 saturated heterocycles. The monoisotopic (exact) mass is 477 g/mol. The molecule has 1 fully saturated rings. The van der Waals surface area contributed by atoms with Crippen LogP contribution in [0.15, 0.2) is 77.7 Å². The molecule has 178 valence electrons. The van der Waals surface area contributed by atoms with E-state index in [9.17, 15) is 13.2 Å². The number of nitrogens with zero attached hydrogens (tertiary/aromatic N) is 2. The van der Waals surface area contributed by atoms with Crippen molar-refractivity contribution >= 4 is 27.3 Å². The van der Waals surface area contributed by atoms with Crippen molar-refractivity contribution in [3.05, 3.63) is 89.5 Å². The van der Waals surface area contributed by atoms with Crippen LogP contribution in [0.25, 0.3) is 0 Å². The molecule has 6 nitrogen and oxygen atoms in total. The second-order valence-electron chi connectivity index (χ2n) is 8.75. The number of amides is 1. The molecule has 0 radical (unpaired) electrons. The van der Waals surface area contributed by atoms with Gasteiger partial charge in [-0.05, 0) is 68.1 Å². The Morgan fingerprint density at radius 3 is 2.21 bits per heavy atom. The number of hydrogen-bond acceptors (Lipinski definition) is 4. The number of hydrogen-bond donors (Lipinski definition) is 1. The fraction of sp³-hybridized carbons (Fsp3) is 0.296. The second kappa shape index (κ2) is 10.3. The molecule has 4 rings (SSSR count). The van der Waals surface area contributed by atoms with Crippen LogP contribution in [0.3, 0.4) is 0 Å². The van der Waals surface area contributed by atoms with Crippen LogP contribution in [0, 0.1) is 13.8 Å². The van der Waals surface area contributed by atoms with E-state index in [2.05, 4.69) is 22.3 Å². The highest BCUT2D eigenvalue weighted by Crippen LogP contribution is 2.27. The van der Waals surface area contributed by atoms with Crippen molar-refractivity contribution in [1.29, 1.82) is 0 Å². The molecule has 7 heteroatoms. The quantitative estimate of drug-likeness (QED) is 0.522. The Bertz CT molecular complexity index is 1230. The van der Waals surface area contributed by atoms with Gasteiger partial charge in [-0.25, -0.2) is 8.42 Å². The molecule has 1 N–H and O–H groups in total. The van der Waals surface area contributed by atoms with Crippen molar-refractivity contribution in [2.75, 3.05) is 28.8 Å². The average molecular weight is 478 g/mol. The van der Waals surface area contributed by atoms with E-state index in [0.29, 0.717) is 12.2 Å². The zero-order valence-electron chi connectivity index (χ0n) is 19.7. The Labute approximate surface area is 202 Å². The minimum Gasteiger partial charge on any atom is -0.372 e. The summed E-state index contributed by atoms with van der Waals surface area (Å²) in [7, 11) is -3.92. The highest BCUT2D eigenvalue weighted by Gasteiger charge is 2.28. The molecule has 0 aliphatic carbocycles. The van der Waals surface area contributed by atoms with E-state index < -0.39 is 10.0 Å². The lowest BCUT2D eigenvalue weighted by Gasteiger charge is -2.25. The van der Waals surface area contributed by atoms with E-state index in [4.69, 9.17) is 0 Å². The number of para-hydroxylation sites is 1. The molecule has 1 aliphatic heterocycles. The van der Waals surface area contributed by atoms with Crippen molar-refractivity contribution in [3.8, 4) is 0 Å². The zero-order valence-corrected chi connectivity index (χ0v) is 20.5. The molecule has 0 saturated carbocycles. The van der Waals surface area contributed by atoms with Crippen LogP contribution in [0.2, 0.25) is 0 Å². The number of carbonyl (C=O) groups excluding carboxylic acids is 1. The number of anilines is 2. The lowest BCUT2D eigenvalue weighted by molar-refractivity contribution is -0.119. The molecule has 1 heterocycles. The summed E-state index contributed by atoms with van der Waals surface area (Å²) in [5.41, 5.74) is 4.41. The van der Waals surface area contributed by atoms with E-state index in [1.807, 2.05) is 38.1 Å². The van der Waals surface area contributed by atoms with Gasteiger partial charge in [-0.2, -0.15) is 0 Å². The van der Waals surface area contributed by atoms with Crippen LogP contribution >= 0.6 is 0 Å². The van der Waals surface area contributed by atoms with Gasteiger partial charge in [0.2, 0.25) is 5.91 Å². The van der Waals surface area contributed by atoms with Gasteiger partial charge in [-0.3, -0.25) is 9.10 Å². The summed E-state index contributed by atoms with van der Waals surface area (Å²) in [6, 6.07) is 22.0. The summed E-state index contributed by atoms with van der Waals surface area (Å²) < 4.78 is 28.2. The van der Waals surface area contributed by atoms with Crippen LogP contribution in [-0.2, 0) is 21.4 Å². The number of carbonyl (C=O) groups is 1. The van der Waals surface area contributed by atoms with Gasteiger partial charge in [0, 0.05) is 25.3 Å². The third kappa shape index (κ3) is 5.42. The van der Waals surface area contributed by atoms with E-state index in [1.54, 1.807) is 36.4 Å². The summed E-state index contributed by atoms with van der Waals surface area (Å²) in [4.78, 5) is 15.4. The molecule has 3 aromatic rings. The first-order valence-electron chi connectivity index (χ1n) is 11.6. The van der Waals surface area contributed by atoms with Gasteiger partial charge in [0.1, 0.15) is 6.54 Å². The standard InChI is InChI=1S/C27H31N3O3S/c1-21-9-15-25(16-10-21)34(32,33)30(26-8-4-3-7-22(26)2)20-27(31)28-19-23-11-13-24(14-12-23)29-17-5-6-18-29/h3-4,7-16H,5-6,17-20H2,1-2H3,(H,28,31). The molecular weight excluding hydrogens is 446 g/mol. The topological polar surface area (TPSA) is 69.7 Å². The maximum Gasteiger partial charge on any atom is 0.264 e. The third-order valence-electron chi connectivity index (χ3n) is 6.18. The van der Waals surface area contributed by atoms with Gasteiger partial charge in [0.25, 0.3) is 10.0 Å². The van der Waals surface area contributed by atoms with Gasteiger partial charge in [0.05, 0.1) is 10.6 Å². The summed E-state index contributed by atoms with van der Waals surface area (Å²) in [6.07, 6.45) is 2.45. The summed E-state index contributed by atoms with van der Waals surface area (Å²) in [6.45, 7) is 5.95. The Balaban J connectivity index is 1.49. The molecule has 0 aromatic heterocycles. The van der Waals surface area contributed by atoms with Gasteiger partial charge in [0.15, 0.2) is 0 Å². The highest BCUT2D eigenvalue weighted by atomic mass is 32.2. The van der Waals surface area contributed by atoms with Crippen LogP contribution in [-0.4, -0.2) is 34.0 Å². The molecule has 1 aliphatic rings. The molecule has 0 spiro atoms. The average Bonchev–Trinajstić information content (AvgIpc) is 3.37. The van der Waals surface area contributed by atoms with Crippen LogP contribution in [0.4, 0.5) is 11.4 Å². The minimum atomic E-state index is -3.92. The maximum absolute atomic E-state index is 13.5. The predicted octanol–water partition coefficient (Wildman–Crippen LogP) is 4.42. The molecule has 34 heavy (non-hydrogen) atoms. The first-order chi connectivity index (χ1) is 16.3. The first kappa shape index (κ1) is 23.8. The fourth-order valence-corrected chi connectivity index (χ4v) is 5.65. The molecule has 0 atom stereocenters. The smallest absolute Gasteiger partial charge is 0.264 e. The van der Waals surface area contributed by atoms with E-state index >= 15 is 0 Å². The largest absolute Gasteiger partial charge is 0.372 e. The van der Waals surface area contributed by atoms with Crippen LogP contribution in [0.5, 0.6) is 0 Å². The number of sulfonamides is 1. The van der Waals surface area contributed by atoms with E-state index in [-0.39, 0.29) is 17.3 Å². The van der Waals surface area contributed by atoms with Crippen molar-refractivity contribution in [3.63, 3.8) is 0 Å². The lowest BCUT2D eigenvalue weighted by Crippen LogP contribution is -2.41. The number of aryl methyl sites for hydroxylation is 2. The van der Waals surface area contributed by atoms with E-state index in [0.717, 1.165) is 29.8 Å². The molecule has 0 unspecified atom stereocenters. The number of rotatable bonds is 8. The summed E-state index contributed by atoms with van der Waals surface area (Å²) in [5, 5.41) is 2.88. The first-order valence-corrected chi connectivity index (χ1v) is 13.0. The van der Waals surface area contributed by atoms with Crippen molar-refractivity contribution in [2.24, 2.45) is 0 Å². The maximum atomic E-state index is 13.5. The SMILES string of the molecule is Cc1ccc(S(=O)(=O)N(CC(=O)NCc2ccc(N3CCCC3)cc2)c2ccccc2C)cc1. The van der Waals surface area contributed by atoms with E-state index in [1.165, 1.54) is 22.8 Å². The predicted molar refractivity (Wildman–Crippen MR) is 137 cm³/mol. The Kier molecular flexibility index (Phi) is 7.22. The Hall–Kier alpha value is -3.32. The van der Waals surface area contributed by atoms with Gasteiger partial charge in [-0.15, -0.1) is 0 Å². The van der Waals surface area contributed by atoms with Crippen LogP contribution in [0.1, 0.15) is 29.5 Å². The zero-order chi connectivity index (χ0) is 24.1. The molecule has 1 amide bonds. The highest BCUT2D eigenvalue weighted by molar-refractivity contribution is 7.92. The van der Waals surface area contributed by atoms with Crippen molar-refractivity contribution in [1.82, 2.24) is 5.32 Å². The van der Waals surface area contributed by atoms with Crippen LogP contribution < -0.4 is 14.5 Å². The molecular formula is C27H31N3O3S. The van der Waals surface area contributed by atoms with Gasteiger partial charge >= 0.3 is 0 Å². The number of nitrogens with one attached hydrogen (secondary N) is 1. The molecule has 3 aromatic carbocycles. The Morgan fingerprint density at radius 1 is 0.912 bits per heavy atom. The fourth-order valence-electron chi connectivity index (χ4n) is 4.17. The summed E-state index contributed by atoms with van der Waals surface area (Å²) in [5.74, 6) is -0.359. The van der Waals surface area contributed by atoms with Gasteiger partial charge in [-0.1, -0.05) is 48.0 Å². The lowest BCUT2D eigenvalue weighted by atomic mass is 10.2. The normalized spacial score (nSPS) is 13.6.